The van der Waals surface area contributed by atoms with E-state index < -0.39 is 0 Å². The fraction of sp³-hybridized carbons (Fsp3) is 0.393. The van der Waals surface area contributed by atoms with E-state index in [2.05, 4.69) is 21.7 Å². The number of piperidine rings is 1. The maximum Gasteiger partial charge on any atom is 0.309 e. The molecule has 0 bridgehead atoms. The lowest BCUT2D eigenvalue weighted by atomic mass is 9.91. The van der Waals surface area contributed by atoms with Crippen LogP contribution in [0.3, 0.4) is 0 Å². The highest BCUT2D eigenvalue weighted by molar-refractivity contribution is 5.92. The Bertz CT molecular complexity index is 1160. The molecule has 7 nitrogen and oxygen atoms in total. The molecule has 0 aliphatic carbocycles. The van der Waals surface area contributed by atoms with E-state index in [1.165, 1.54) is 5.56 Å². The lowest BCUT2D eigenvalue weighted by molar-refractivity contribution is -0.149. The average Bonchev–Trinajstić information content (AvgIpc) is 3.33. The third-order valence-electron chi connectivity index (χ3n) is 6.94. The minimum Gasteiger partial charge on any atom is -0.466 e. The van der Waals surface area contributed by atoms with Crippen LogP contribution in [0, 0.1) is 5.92 Å². The Balaban J connectivity index is 1.19. The molecule has 1 amide bonds. The monoisotopic (exact) mass is 473 g/mol. The van der Waals surface area contributed by atoms with Gasteiger partial charge in [-0.05, 0) is 56.0 Å². The minimum atomic E-state index is -0.150. The molecule has 182 valence electrons. The summed E-state index contributed by atoms with van der Waals surface area (Å²) in [6.07, 6.45) is 5.02. The quantitative estimate of drug-likeness (QED) is 0.480. The molecule has 35 heavy (non-hydrogen) atoms. The molecule has 0 saturated carbocycles. The minimum absolute atomic E-state index is 0.0480. The number of hydrogen-bond donors (Lipinski definition) is 0. The van der Waals surface area contributed by atoms with E-state index >= 15 is 0 Å². The first kappa shape index (κ1) is 23.1. The molecule has 0 N–H and O–H groups in total. The molecule has 2 aromatic carbocycles. The number of rotatable bonds is 6. The number of aryl methyl sites for hydroxylation is 1. The summed E-state index contributed by atoms with van der Waals surface area (Å²) in [4.78, 5) is 31.5. The van der Waals surface area contributed by atoms with Crippen molar-refractivity contribution in [3.8, 4) is 11.5 Å². The van der Waals surface area contributed by atoms with Crippen molar-refractivity contribution >= 4 is 11.9 Å². The molecule has 1 unspecified atom stereocenters. The summed E-state index contributed by atoms with van der Waals surface area (Å²) in [6, 6.07) is 18.1. The van der Waals surface area contributed by atoms with Crippen molar-refractivity contribution < 1.29 is 19.1 Å². The van der Waals surface area contributed by atoms with Crippen LogP contribution in [-0.4, -0.2) is 46.0 Å². The summed E-state index contributed by atoms with van der Waals surface area (Å²) in [6.45, 7) is 4.14. The molecule has 3 heterocycles. The predicted octanol–water partition coefficient (Wildman–Crippen LogP) is 4.82. The Morgan fingerprint density at radius 3 is 2.40 bits per heavy atom. The topological polar surface area (TPSA) is 73.7 Å². The van der Waals surface area contributed by atoms with Gasteiger partial charge in [0, 0.05) is 38.2 Å². The Morgan fingerprint density at radius 2 is 1.69 bits per heavy atom. The number of amides is 1. The van der Waals surface area contributed by atoms with Crippen LogP contribution in [0.15, 0.2) is 60.8 Å². The fourth-order valence-corrected chi connectivity index (χ4v) is 4.99. The molecule has 1 aromatic heterocycles. The molecule has 2 aliphatic rings. The van der Waals surface area contributed by atoms with Gasteiger partial charge in [0.1, 0.15) is 23.0 Å². The van der Waals surface area contributed by atoms with E-state index in [1.54, 1.807) is 0 Å². The standard InChI is InChI=1S/C28H31N3O4/c1-2-34-28(33)21-14-16-30(17-15-21)27(32)25-19-31-18-22(10-13-26(31)29-25)20-8-11-24(12-9-20)35-23-6-4-3-5-7-23/h3-9,11-12,19,21-22H,2,10,13-18H2,1H3. The average molecular weight is 474 g/mol. The highest BCUT2D eigenvalue weighted by Gasteiger charge is 2.30. The second-order valence-corrected chi connectivity index (χ2v) is 9.23. The van der Waals surface area contributed by atoms with Crippen molar-refractivity contribution in [3.63, 3.8) is 0 Å². The van der Waals surface area contributed by atoms with E-state index in [1.807, 2.05) is 60.5 Å². The summed E-state index contributed by atoms with van der Waals surface area (Å²) >= 11 is 0. The van der Waals surface area contributed by atoms with Crippen LogP contribution in [0.25, 0.3) is 0 Å². The molecule has 3 aromatic rings. The van der Waals surface area contributed by atoms with Crippen molar-refractivity contribution in [1.82, 2.24) is 14.5 Å². The number of carbonyl (C=O) groups is 2. The van der Waals surface area contributed by atoms with E-state index in [4.69, 9.17) is 9.47 Å². The maximum atomic E-state index is 13.1. The lowest BCUT2D eigenvalue weighted by Crippen LogP contribution is -2.40. The molecule has 7 heteroatoms. The molecular weight excluding hydrogens is 442 g/mol. The van der Waals surface area contributed by atoms with Gasteiger partial charge < -0.3 is 18.9 Å². The van der Waals surface area contributed by atoms with E-state index in [-0.39, 0.29) is 17.8 Å². The number of ether oxygens (including phenoxy) is 2. The van der Waals surface area contributed by atoms with Gasteiger partial charge in [0.25, 0.3) is 5.91 Å². The zero-order valence-electron chi connectivity index (χ0n) is 20.1. The van der Waals surface area contributed by atoms with Crippen molar-refractivity contribution in [2.45, 2.75) is 45.1 Å². The first-order chi connectivity index (χ1) is 17.1. The smallest absolute Gasteiger partial charge is 0.309 e. The Morgan fingerprint density at radius 1 is 0.971 bits per heavy atom. The van der Waals surface area contributed by atoms with Gasteiger partial charge in [-0.2, -0.15) is 0 Å². The van der Waals surface area contributed by atoms with Crippen LogP contribution in [0.2, 0.25) is 0 Å². The van der Waals surface area contributed by atoms with Gasteiger partial charge in [-0.3, -0.25) is 9.59 Å². The molecular formula is C28H31N3O4. The summed E-state index contributed by atoms with van der Waals surface area (Å²) in [7, 11) is 0. The number of fused-ring (bicyclic) bond motifs is 1. The predicted molar refractivity (Wildman–Crippen MR) is 132 cm³/mol. The van der Waals surface area contributed by atoms with E-state index in [0.29, 0.717) is 44.1 Å². The summed E-state index contributed by atoms with van der Waals surface area (Å²) in [5.41, 5.74) is 1.76. The van der Waals surface area contributed by atoms with Crippen LogP contribution in [0.5, 0.6) is 11.5 Å². The second-order valence-electron chi connectivity index (χ2n) is 9.23. The number of likely N-dealkylation sites (tertiary alicyclic amines) is 1. The Labute approximate surface area is 205 Å². The van der Waals surface area contributed by atoms with Gasteiger partial charge in [-0.15, -0.1) is 0 Å². The van der Waals surface area contributed by atoms with Gasteiger partial charge >= 0.3 is 5.97 Å². The summed E-state index contributed by atoms with van der Waals surface area (Å²) in [5, 5.41) is 0. The molecule has 2 aliphatic heterocycles. The number of esters is 1. The highest BCUT2D eigenvalue weighted by Crippen LogP contribution is 2.31. The van der Waals surface area contributed by atoms with Crippen LogP contribution in [0.1, 0.15) is 54.0 Å². The first-order valence-corrected chi connectivity index (χ1v) is 12.5. The summed E-state index contributed by atoms with van der Waals surface area (Å²) < 4.78 is 13.2. The number of benzene rings is 2. The van der Waals surface area contributed by atoms with Gasteiger partial charge in [0.15, 0.2) is 0 Å². The number of nitrogens with zero attached hydrogens (tertiary/aromatic N) is 3. The maximum absolute atomic E-state index is 13.1. The van der Waals surface area contributed by atoms with Crippen molar-refractivity contribution in [1.29, 1.82) is 0 Å². The normalized spacial score (nSPS) is 18.1. The van der Waals surface area contributed by atoms with Crippen molar-refractivity contribution in [2.24, 2.45) is 5.92 Å². The highest BCUT2D eigenvalue weighted by atomic mass is 16.5. The van der Waals surface area contributed by atoms with E-state index in [9.17, 15) is 9.59 Å². The van der Waals surface area contributed by atoms with Crippen molar-refractivity contribution in [2.75, 3.05) is 19.7 Å². The Hall–Kier alpha value is -3.61. The number of hydrogen-bond acceptors (Lipinski definition) is 5. The van der Waals surface area contributed by atoms with E-state index in [0.717, 1.165) is 36.7 Å². The van der Waals surface area contributed by atoms with Gasteiger partial charge in [0.2, 0.25) is 0 Å². The SMILES string of the molecule is CCOC(=O)C1CCN(C(=O)c2cn3c(n2)CCC(c2ccc(Oc4ccccc4)cc2)C3)CC1. The Kier molecular flexibility index (Phi) is 6.84. The van der Waals surface area contributed by atoms with Crippen LogP contribution >= 0.6 is 0 Å². The van der Waals surface area contributed by atoms with Crippen LogP contribution in [0.4, 0.5) is 0 Å². The summed E-state index contributed by atoms with van der Waals surface area (Å²) in [5.74, 6) is 2.66. The van der Waals surface area contributed by atoms with Crippen molar-refractivity contribution in [3.05, 3.63) is 77.9 Å². The van der Waals surface area contributed by atoms with Crippen LogP contribution in [-0.2, 0) is 22.5 Å². The van der Waals surface area contributed by atoms with Gasteiger partial charge in [-0.1, -0.05) is 30.3 Å². The number of para-hydroxylation sites is 1. The lowest BCUT2D eigenvalue weighted by Gasteiger charge is -2.30. The van der Waals surface area contributed by atoms with Crippen LogP contribution < -0.4 is 4.74 Å². The van der Waals surface area contributed by atoms with Gasteiger partial charge in [0.05, 0.1) is 12.5 Å². The number of aromatic nitrogens is 2. The zero-order chi connectivity index (χ0) is 24.2. The first-order valence-electron chi connectivity index (χ1n) is 12.5. The fourth-order valence-electron chi connectivity index (χ4n) is 4.99. The number of imidazole rings is 1. The third-order valence-corrected chi connectivity index (χ3v) is 6.94. The second kappa shape index (κ2) is 10.3. The van der Waals surface area contributed by atoms with Gasteiger partial charge in [-0.25, -0.2) is 4.98 Å². The third kappa shape index (κ3) is 5.24. The molecule has 1 fully saturated rings. The number of carbonyl (C=O) groups excluding carboxylic acids is 2. The largest absolute Gasteiger partial charge is 0.466 e. The molecule has 1 atom stereocenters. The zero-order valence-corrected chi connectivity index (χ0v) is 20.1. The molecule has 0 spiro atoms. The molecule has 5 rings (SSSR count). The molecule has 1 saturated heterocycles. The molecule has 0 radical (unpaired) electrons.